The van der Waals surface area contributed by atoms with Crippen LogP contribution in [0, 0.1) is 23.7 Å². The Morgan fingerprint density at radius 3 is 2.22 bits per heavy atom. The van der Waals surface area contributed by atoms with E-state index in [0.717, 1.165) is 25.7 Å². The van der Waals surface area contributed by atoms with E-state index in [1.807, 2.05) is 0 Å². The molecule has 1 aliphatic rings. The first kappa shape index (κ1) is 20.2. The summed E-state index contributed by atoms with van der Waals surface area (Å²) in [7, 11) is -3.51. The molecule has 0 saturated heterocycles. The van der Waals surface area contributed by atoms with Crippen molar-refractivity contribution in [3.63, 3.8) is 0 Å². The highest BCUT2D eigenvalue weighted by Gasteiger charge is 2.33. The van der Waals surface area contributed by atoms with Crippen molar-refractivity contribution in [3.8, 4) is 0 Å². The number of hydrogen-bond acceptors (Lipinski definition) is 3. The molecule has 1 rings (SSSR count). The molecule has 2 atom stereocenters. The first-order chi connectivity index (χ1) is 10.6. The van der Waals surface area contributed by atoms with Crippen molar-refractivity contribution < 1.29 is 24.2 Å². The summed E-state index contributed by atoms with van der Waals surface area (Å²) in [5.41, 5.74) is 5.03. The van der Waals surface area contributed by atoms with Gasteiger partial charge in [-0.3, -0.25) is 14.2 Å². The number of aliphatic carboxylic acids is 1. The predicted molar refractivity (Wildman–Crippen MR) is 89.4 cm³/mol. The van der Waals surface area contributed by atoms with Crippen LogP contribution in [0.5, 0.6) is 0 Å². The number of carboxylic acid groups (broad SMARTS) is 1. The maximum atomic E-state index is 12.4. The van der Waals surface area contributed by atoms with Crippen LogP contribution in [-0.4, -0.2) is 34.2 Å². The molecular formula is C16H30NO5P. The first-order valence-corrected chi connectivity index (χ1v) is 10.5. The van der Waals surface area contributed by atoms with E-state index in [1.165, 1.54) is 0 Å². The van der Waals surface area contributed by atoms with Crippen molar-refractivity contribution in [3.05, 3.63) is 0 Å². The van der Waals surface area contributed by atoms with Crippen molar-refractivity contribution in [2.45, 2.75) is 52.4 Å². The van der Waals surface area contributed by atoms with Gasteiger partial charge in [0, 0.05) is 18.7 Å². The molecule has 1 fully saturated rings. The minimum Gasteiger partial charge on any atom is -0.481 e. The van der Waals surface area contributed by atoms with Crippen LogP contribution in [0.4, 0.5) is 0 Å². The van der Waals surface area contributed by atoms with E-state index in [2.05, 4.69) is 13.8 Å². The van der Waals surface area contributed by atoms with Gasteiger partial charge in [0.15, 0.2) is 0 Å². The van der Waals surface area contributed by atoms with Crippen molar-refractivity contribution in [2.75, 3.05) is 12.3 Å². The zero-order valence-corrected chi connectivity index (χ0v) is 15.0. The Morgan fingerprint density at radius 2 is 1.78 bits per heavy atom. The van der Waals surface area contributed by atoms with Gasteiger partial charge in [-0.15, -0.1) is 0 Å². The van der Waals surface area contributed by atoms with E-state index in [1.54, 1.807) is 0 Å². The molecule has 0 aliphatic heterocycles. The third kappa shape index (κ3) is 7.49. The lowest BCUT2D eigenvalue weighted by atomic mass is 9.77. The number of hydrogen-bond donors (Lipinski definition) is 3. The first-order valence-electron chi connectivity index (χ1n) is 8.42. The van der Waals surface area contributed by atoms with Gasteiger partial charge in [-0.05, 0) is 49.9 Å². The maximum Gasteiger partial charge on any atom is 0.307 e. The number of carbonyl (C=O) groups is 2. The number of primary amides is 1. The van der Waals surface area contributed by atoms with Crippen LogP contribution >= 0.6 is 7.37 Å². The highest BCUT2D eigenvalue weighted by Crippen LogP contribution is 2.48. The normalized spacial score (nSPS) is 25.7. The summed E-state index contributed by atoms with van der Waals surface area (Å²) in [5, 5.41) is 9.17. The number of carbonyl (C=O) groups excluding carboxylic acids is 1. The van der Waals surface area contributed by atoms with Gasteiger partial charge in [0.25, 0.3) is 0 Å². The third-order valence-electron chi connectivity index (χ3n) is 4.97. The number of carboxylic acids is 1. The summed E-state index contributed by atoms with van der Waals surface area (Å²) in [6, 6.07) is 0. The standard InChI is InChI=1S/C16H30NO5P/c1-11(2)13-5-3-12(4-6-13)9-23(21,22)10-14(16(19)20)7-8-15(17)18/h11-14H,3-10H2,1-2H3,(H2,17,18)(H,19,20)(H,21,22). The lowest BCUT2D eigenvalue weighted by Crippen LogP contribution is -2.24. The Kier molecular flexibility index (Phi) is 7.75. The van der Waals surface area contributed by atoms with Gasteiger partial charge in [0.1, 0.15) is 0 Å². The zero-order chi connectivity index (χ0) is 17.6. The van der Waals surface area contributed by atoms with Gasteiger partial charge in [0.05, 0.1) is 5.92 Å². The largest absolute Gasteiger partial charge is 0.481 e. The second kappa shape index (κ2) is 8.84. The van der Waals surface area contributed by atoms with Crippen molar-refractivity contribution in [2.24, 2.45) is 29.4 Å². The van der Waals surface area contributed by atoms with Crippen molar-refractivity contribution in [1.29, 1.82) is 0 Å². The lowest BCUT2D eigenvalue weighted by Gasteiger charge is -2.32. The number of amides is 1. The average Bonchev–Trinajstić information content (AvgIpc) is 2.43. The molecule has 6 nitrogen and oxygen atoms in total. The summed E-state index contributed by atoms with van der Waals surface area (Å²) >= 11 is 0. The van der Waals surface area contributed by atoms with Gasteiger partial charge in [-0.1, -0.05) is 13.8 Å². The van der Waals surface area contributed by atoms with E-state index in [9.17, 15) is 19.0 Å². The topological polar surface area (TPSA) is 118 Å². The molecule has 7 heteroatoms. The summed E-state index contributed by atoms with van der Waals surface area (Å²) in [6.07, 6.45) is 3.90. The van der Waals surface area contributed by atoms with Crippen LogP contribution in [0.2, 0.25) is 0 Å². The van der Waals surface area contributed by atoms with Gasteiger partial charge < -0.3 is 15.7 Å². The van der Waals surface area contributed by atoms with Crippen LogP contribution in [-0.2, 0) is 14.2 Å². The zero-order valence-electron chi connectivity index (χ0n) is 14.1. The van der Waals surface area contributed by atoms with Crippen LogP contribution < -0.4 is 5.73 Å². The SMILES string of the molecule is CC(C)C1CCC(CP(=O)(O)CC(CCC(N)=O)C(=O)O)CC1. The molecule has 0 aromatic carbocycles. The molecule has 2 unspecified atom stereocenters. The lowest BCUT2D eigenvalue weighted by molar-refractivity contribution is -0.141. The Balaban J connectivity index is 2.52. The fraction of sp³-hybridized carbons (Fsp3) is 0.875. The van der Waals surface area contributed by atoms with E-state index < -0.39 is 25.2 Å². The predicted octanol–water partition coefficient (Wildman–Crippen LogP) is 2.69. The molecule has 0 bridgehead atoms. The molecule has 134 valence electrons. The van der Waals surface area contributed by atoms with Crippen molar-refractivity contribution in [1.82, 2.24) is 0 Å². The monoisotopic (exact) mass is 347 g/mol. The second-order valence-electron chi connectivity index (χ2n) is 7.28. The van der Waals surface area contributed by atoms with Crippen LogP contribution in [0.15, 0.2) is 0 Å². The molecule has 0 heterocycles. The molecule has 0 aromatic heterocycles. The van der Waals surface area contributed by atoms with E-state index in [-0.39, 0.29) is 31.1 Å². The van der Waals surface area contributed by atoms with Crippen molar-refractivity contribution >= 4 is 19.2 Å². The average molecular weight is 347 g/mol. The van der Waals surface area contributed by atoms with Gasteiger partial charge in [-0.25, -0.2) is 0 Å². The molecule has 4 N–H and O–H groups in total. The Hall–Kier alpha value is -0.870. The molecule has 0 spiro atoms. The summed E-state index contributed by atoms with van der Waals surface area (Å²) in [4.78, 5) is 32.2. The highest BCUT2D eigenvalue weighted by atomic mass is 31.2. The fourth-order valence-electron chi connectivity index (χ4n) is 3.47. The summed E-state index contributed by atoms with van der Waals surface area (Å²) in [5.74, 6) is -1.18. The van der Waals surface area contributed by atoms with Crippen LogP contribution in [0.3, 0.4) is 0 Å². The molecule has 0 radical (unpaired) electrons. The van der Waals surface area contributed by atoms with Gasteiger partial charge >= 0.3 is 5.97 Å². The second-order valence-corrected chi connectivity index (χ2v) is 9.70. The van der Waals surface area contributed by atoms with Crippen LogP contribution in [0.25, 0.3) is 0 Å². The maximum absolute atomic E-state index is 12.4. The van der Waals surface area contributed by atoms with E-state index >= 15 is 0 Å². The quantitative estimate of drug-likeness (QED) is 0.554. The van der Waals surface area contributed by atoms with Gasteiger partial charge in [0.2, 0.25) is 13.3 Å². The Labute approximate surface area is 138 Å². The van der Waals surface area contributed by atoms with E-state index in [4.69, 9.17) is 10.8 Å². The molecule has 1 saturated carbocycles. The number of rotatable bonds is 9. The fourth-order valence-corrected chi connectivity index (χ4v) is 5.82. The summed E-state index contributed by atoms with van der Waals surface area (Å²) < 4.78 is 12.4. The molecule has 1 aliphatic carbocycles. The van der Waals surface area contributed by atoms with Crippen LogP contribution in [0.1, 0.15) is 52.4 Å². The Bertz CT molecular complexity index is 457. The third-order valence-corrected chi connectivity index (χ3v) is 7.07. The minimum absolute atomic E-state index is 0.0231. The van der Waals surface area contributed by atoms with Gasteiger partial charge in [-0.2, -0.15) is 0 Å². The highest BCUT2D eigenvalue weighted by molar-refractivity contribution is 7.58. The smallest absolute Gasteiger partial charge is 0.307 e. The minimum atomic E-state index is -3.51. The number of nitrogens with two attached hydrogens (primary N) is 1. The molecule has 23 heavy (non-hydrogen) atoms. The molecule has 0 aromatic rings. The van der Waals surface area contributed by atoms with E-state index in [0.29, 0.717) is 11.8 Å². The molecule has 1 amide bonds. The molecular weight excluding hydrogens is 317 g/mol. The summed E-state index contributed by atoms with van der Waals surface area (Å²) in [6.45, 7) is 4.41. The Morgan fingerprint density at radius 1 is 1.22 bits per heavy atom.